The van der Waals surface area contributed by atoms with E-state index in [2.05, 4.69) is 20.9 Å². The molecule has 0 radical (unpaired) electrons. The number of benzene rings is 1. The molecule has 2 rings (SSSR count). The zero-order valence-electron chi connectivity index (χ0n) is 6.70. The number of carbonyl (C=O) groups excluding carboxylic acids is 1. The molecular weight excluding hydrogens is 230 g/mol. The Kier molecular flexibility index (Phi) is 2.10. The van der Waals surface area contributed by atoms with E-state index in [0.717, 1.165) is 21.5 Å². The molecule has 2 aromatic rings. The Morgan fingerprint density at radius 2 is 2.08 bits per heavy atom. The molecule has 1 heterocycles. The number of carbonyl (C=O) groups is 1. The summed E-state index contributed by atoms with van der Waals surface area (Å²) in [5.41, 5.74) is 0.673. The van der Waals surface area contributed by atoms with Crippen molar-refractivity contribution in [1.82, 2.24) is 4.98 Å². The Balaban J connectivity index is 2.92. The minimum atomic E-state index is 0.673. The Hall–Kier alpha value is -1.22. The summed E-state index contributed by atoms with van der Waals surface area (Å²) >= 11 is 3.42. The molecule has 0 aliphatic carbocycles. The molecule has 0 saturated carbocycles. The SMILES string of the molecule is O=Cc1ccc(Br)c2ccncc12. The fourth-order valence-electron chi connectivity index (χ4n) is 1.28. The predicted molar refractivity (Wildman–Crippen MR) is 54.8 cm³/mol. The first-order valence-electron chi connectivity index (χ1n) is 3.80. The summed E-state index contributed by atoms with van der Waals surface area (Å²) in [4.78, 5) is 14.7. The lowest BCUT2D eigenvalue weighted by Gasteiger charge is -2.01. The summed E-state index contributed by atoms with van der Waals surface area (Å²) in [6, 6.07) is 5.53. The molecule has 0 unspecified atom stereocenters. The Morgan fingerprint density at radius 1 is 1.23 bits per heavy atom. The van der Waals surface area contributed by atoms with Gasteiger partial charge in [0.05, 0.1) is 0 Å². The van der Waals surface area contributed by atoms with Crippen LogP contribution < -0.4 is 0 Å². The molecule has 2 nitrogen and oxygen atoms in total. The van der Waals surface area contributed by atoms with Crippen LogP contribution in [0.5, 0.6) is 0 Å². The smallest absolute Gasteiger partial charge is 0.150 e. The molecule has 0 atom stereocenters. The van der Waals surface area contributed by atoms with Crippen molar-refractivity contribution >= 4 is 33.0 Å². The number of rotatable bonds is 1. The van der Waals surface area contributed by atoms with Crippen LogP contribution in [0.4, 0.5) is 0 Å². The highest BCUT2D eigenvalue weighted by molar-refractivity contribution is 9.10. The lowest BCUT2D eigenvalue weighted by Crippen LogP contribution is -1.84. The van der Waals surface area contributed by atoms with Gasteiger partial charge in [-0.25, -0.2) is 0 Å². The molecule has 1 aromatic heterocycles. The van der Waals surface area contributed by atoms with Gasteiger partial charge in [0.15, 0.2) is 6.29 Å². The van der Waals surface area contributed by atoms with Gasteiger partial charge < -0.3 is 0 Å². The molecule has 0 bridgehead atoms. The van der Waals surface area contributed by atoms with Gasteiger partial charge in [-0.2, -0.15) is 0 Å². The van der Waals surface area contributed by atoms with Crippen LogP contribution in [0.15, 0.2) is 35.1 Å². The van der Waals surface area contributed by atoms with Gasteiger partial charge in [0, 0.05) is 27.8 Å². The number of aldehydes is 1. The lowest BCUT2D eigenvalue weighted by molar-refractivity contribution is 0.112. The monoisotopic (exact) mass is 235 g/mol. The summed E-state index contributed by atoms with van der Waals surface area (Å²) in [5, 5.41) is 1.89. The van der Waals surface area contributed by atoms with Crippen LogP contribution in [0.3, 0.4) is 0 Å². The molecule has 0 fully saturated rings. The van der Waals surface area contributed by atoms with E-state index in [1.54, 1.807) is 18.5 Å². The van der Waals surface area contributed by atoms with Crippen molar-refractivity contribution in [3.05, 3.63) is 40.6 Å². The lowest BCUT2D eigenvalue weighted by atomic mass is 10.1. The maximum atomic E-state index is 10.7. The average molecular weight is 236 g/mol. The van der Waals surface area contributed by atoms with E-state index in [4.69, 9.17) is 0 Å². The van der Waals surface area contributed by atoms with Gasteiger partial charge in [0.2, 0.25) is 0 Å². The molecule has 0 spiro atoms. The number of hydrogen-bond acceptors (Lipinski definition) is 2. The normalized spacial score (nSPS) is 10.2. The van der Waals surface area contributed by atoms with Crippen LogP contribution in [0, 0.1) is 0 Å². The zero-order chi connectivity index (χ0) is 9.26. The number of hydrogen-bond donors (Lipinski definition) is 0. The Labute approximate surface area is 83.7 Å². The van der Waals surface area contributed by atoms with E-state index >= 15 is 0 Å². The number of aromatic nitrogens is 1. The van der Waals surface area contributed by atoms with E-state index in [9.17, 15) is 4.79 Å². The van der Waals surface area contributed by atoms with Crippen molar-refractivity contribution in [1.29, 1.82) is 0 Å². The van der Waals surface area contributed by atoms with E-state index in [1.165, 1.54) is 0 Å². The van der Waals surface area contributed by atoms with Gasteiger partial charge >= 0.3 is 0 Å². The average Bonchev–Trinajstić information content (AvgIpc) is 2.19. The number of nitrogens with zero attached hydrogens (tertiary/aromatic N) is 1. The molecule has 13 heavy (non-hydrogen) atoms. The second-order valence-electron chi connectivity index (χ2n) is 2.68. The molecule has 1 aromatic carbocycles. The molecular formula is C10H6BrNO. The van der Waals surface area contributed by atoms with Crippen molar-refractivity contribution in [3.63, 3.8) is 0 Å². The van der Waals surface area contributed by atoms with Crippen LogP contribution >= 0.6 is 15.9 Å². The van der Waals surface area contributed by atoms with Gasteiger partial charge in [0.1, 0.15) is 0 Å². The van der Waals surface area contributed by atoms with Crippen molar-refractivity contribution < 1.29 is 4.79 Å². The maximum absolute atomic E-state index is 10.7. The molecule has 0 aliphatic rings. The molecule has 0 saturated heterocycles. The maximum Gasteiger partial charge on any atom is 0.150 e. The summed E-state index contributed by atoms with van der Waals surface area (Å²) in [5.74, 6) is 0. The van der Waals surface area contributed by atoms with Gasteiger partial charge in [-0.3, -0.25) is 9.78 Å². The van der Waals surface area contributed by atoms with Crippen LogP contribution in [-0.4, -0.2) is 11.3 Å². The largest absolute Gasteiger partial charge is 0.298 e. The van der Waals surface area contributed by atoms with Crippen molar-refractivity contribution in [2.24, 2.45) is 0 Å². The van der Waals surface area contributed by atoms with Crippen molar-refractivity contribution in [2.45, 2.75) is 0 Å². The third-order valence-electron chi connectivity index (χ3n) is 1.93. The van der Waals surface area contributed by atoms with Crippen LogP contribution in [-0.2, 0) is 0 Å². The second kappa shape index (κ2) is 3.26. The summed E-state index contributed by atoms with van der Waals surface area (Å²) < 4.78 is 0.982. The first-order chi connectivity index (χ1) is 6.33. The van der Waals surface area contributed by atoms with Gasteiger partial charge in [-0.1, -0.05) is 15.9 Å². The minimum Gasteiger partial charge on any atom is -0.298 e. The molecule has 3 heteroatoms. The summed E-state index contributed by atoms with van der Waals surface area (Å²) in [7, 11) is 0. The third kappa shape index (κ3) is 1.35. The summed E-state index contributed by atoms with van der Waals surface area (Å²) in [6.07, 6.45) is 4.25. The molecule has 0 aliphatic heterocycles. The Morgan fingerprint density at radius 3 is 2.85 bits per heavy atom. The molecule has 0 N–H and O–H groups in total. The quantitative estimate of drug-likeness (QED) is 0.712. The van der Waals surface area contributed by atoms with Gasteiger partial charge in [0.25, 0.3) is 0 Å². The van der Waals surface area contributed by atoms with E-state index in [-0.39, 0.29) is 0 Å². The van der Waals surface area contributed by atoms with Crippen molar-refractivity contribution in [3.8, 4) is 0 Å². The topological polar surface area (TPSA) is 30.0 Å². The van der Waals surface area contributed by atoms with Gasteiger partial charge in [-0.15, -0.1) is 0 Å². The highest BCUT2D eigenvalue weighted by atomic mass is 79.9. The number of pyridine rings is 1. The van der Waals surface area contributed by atoms with E-state index < -0.39 is 0 Å². The van der Waals surface area contributed by atoms with Crippen LogP contribution in [0.1, 0.15) is 10.4 Å². The highest BCUT2D eigenvalue weighted by Gasteiger charge is 2.02. The fourth-order valence-corrected chi connectivity index (χ4v) is 1.76. The van der Waals surface area contributed by atoms with Crippen molar-refractivity contribution in [2.75, 3.05) is 0 Å². The van der Waals surface area contributed by atoms with Crippen LogP contribution in [0.2, 0.25) is 0 Å². The zero-order valence-corrected chi connectivity index (χ0v) is 8.28. The first-order valence-corrected chi connectivity index (χ1v) is 4.59. The third-order valence-corrected chi connectivity index (χ3v) is 2.62. The first kappa shape index (κ1) is 8.38. The summed E-state index contributed by atoms with van der Waals surface area (Å²) in [6.45, 7) is 0. The van der Waals surface area contributed by atoms with E-state index in [0.29, 0.717) is 5.56 Å². The predicted octanol–water partition coefficient (Wildman–Crippen LogP) is 2.81. The fraction of sp³-hybridized carbons (Fsp3) is 0. The van der Waals surface area contributed by atoms with E-state index in [1.807, 2.05) is 12.1 Å². The van der Waals surface area contributed by atoms with Gasteiger partial charge in [-0.05, 0) is 23.6 Å². The number of fused-ring (bicyclic) bond motifs is 1. The molecule has 64 valence electrons. The molecule has 0 amide bonds. The standard InChI is InChI=1S/C10H6BrNO/c11-10-2-1-7(6-13)9-5-12-4-3-8(9)10/h1-6H. The second-order valence-corrected chi connectivity index (χ2v) is 3.53. The highest BCUT2D eigenvalue weighted by Crippen LogP contribution is 2.24. The Bertz CT molecular complexity index is 467. The number of halogens is 1. The minimum absolute atomic E-state index is 0.673. The van der Waals surface area contributed by atoms with Crippen LogP contribution in [0.25, 0.3) is 10.8 Å².